The summed E-state index contributed by atoms with van der Waals surface area (Å²) in [5.74, 6) is 0. The van der Waals surface area contributed by atoms with E-state index in [1.54, 1.807) is 0 Å². The van der Waals surface area contributed by atoms with Crippen molar-refractivity contribution in [2.45, 2.75) is 0 Å². The van der Waals surface area contributed by atoms with E-state index >= 15 is 0 Å². The van der Waals surface area contributed by atoms with Crippen LogP contribution in [0.5, 0.6) is 0 Å². The highest BCUT2D eigenvalue weighted by molar-refractivity contribution is 6.22. The van der Waals surface area contributed by atoms with E-state index in [1.807, 2.05) is 6.20 Å². The van der Waals surface area contributed by atoms with Crippen LogP contribution >= 0.6 is 0 Å². The highest BCUT2D eigenvalue weighted by atomic mass is 15.3. The van der Waals surface area contributed by atoms with E-state index < -0.39 is 0 Å². The van der Waals surface area contributed by atoms with Crippen molar-refractivity contribution in [2.75, 3.05) is 19.6 Å². The van der Waals surface area contributed by atoms with Crippen molar-refractivity contribution in [2.24, 2.45) is 0 Å². The molecule has 0 N–H and O–H groups in total. The quantitative estimate of drug-likeness (QED) is 0.155. The largest absolute Gasteiger partial charge is 0.306 e. The summed E-state index contributed by atoms with van der Waals surface area (Å²) in [6, 6.07) is 85.3. The summed E-state index contributed by atoms with van der Waals surface area (Å²) in [5, 5.41) is 4.60. The summed E-state index contributed by atoms with van der Waals surface area (Å²) in [6.07, 6.45) is 3.99. The first-order chi connectivity index (χ1) is 32.8. The Morgan fingerprint density at radius 3 is 0.939 bits per heavy atom. The monoisotopic (exact) mass is 843 g/mol. The van der Waals surface area contributed by atoms with Crippen LogP contribution in [0.2, 0.25) is 0 Å². The third-order valence-electron chi connectivity index (χ3n) is 13.1. The van der Waals surface area contributed by atoms with Crippen LogP contribution in [-0.4, -0.2) is 4.98 Å². The highest BCUT2D eigenvalue weighted by Crippen LogP contribution is 2.58. The van der Waals surface area contributed by atoms with Crippen LogP contribution in [0.15, 0.2) is 249 Å². The maximum atomic E-state index is 4.83. The summed E-state index contributed by atoms with van der Waals surface area (Å²) in [4.78, 5) is 14.4. The standard InChI is InChI=1S/C61H41N5/c1-5-19-44(20-6-1)63-52-29-15-17-31-54(52)65(46-23-9-3-10-24-46)58-39-42(33-35-56(58)63)60-48-27-13-14-28-49(48)61(51-41-62-38-37-50(51)60)43-34-36-57-59(40-43)66(47-25-11-4-12-26-47)55-32-18-16-30-53(55)64(57)45-21-7-2-8-22-45/h1-41H. The average Bonchev–Trinajstić information content (AvgIpc) is 3.39. The molecule has 0 aliphatic carbocycles. The molecule has 0 fully saturated rings. The third kappa shape index (κ3) is 5.91. The van der Waals surface area contributed by atoms with Crippen molar-refractivity contribution in [3.63, 3.8) is 0 Å². The first-order valence-corrected chi connectivity index (χ1v) is 22.5. The summed E-state index contributed by atoms with van der Waals surface area (Å²) in [7, 11) is 0. The fourth-order valence-electron chi connectivity index (χ4n) is 10.4. The number of hydrogen-bond acceptors (Lipinski definition) is 5. The molecule has 66 heavy (non-hydrogen) atoms. The van der Waals surface area contributed by atoms with E-state index in [9.17, 15) is 0 Å². The number of aromatic nitrogens is 1. The zero-order valence-electron chi connectivity index (χ0n) is 35.9. The zero-order chi connectivity index (χ0) is 43.6. The van der Waals surface area contributed by atoms with E-state index in [0.717, 1.165) is 95.7 Å². The Morgan fingerprint density at radius 2 is 0.545 bits per heavy atom. The molecule has 0 unspecified atom stereocenters. The van der Waals surface area contributed by atoms with Crippen molar-refractivity contribution >= 4 is 89.8 Å². The van der Waals surface area contributed by atoms with E-state index in [2.05, 4.69) is 262 Å². The Labute approximate surface area is 383 Å². The van der Waals surface area contributed by atoms with E-state index in [0.29, 0.717) is 0 Å². The highest BCUT2D eigenvalue weighted by Gasteiger charge is 2.33. The molecular weight excluding hydrogens is 803 g/mol. The fraction of sp³-hybridized carbons (Fsp3) is 0. The molecule has 3 heterocycles. The molecule has 5 heteroatoms. The minimum absolute atomic E-state index is 1.10. The predicted octanol–water partition coefficient (Wildman–Crippen LogP) is 17.2. The van der Waals surface area contributed by atoms with Crippen LogP contribution in [0.3, 0.4) is 0 Å². The molecule has 13 rings (SSSR count). The van der Waals surface area contributed by atoms with Crippen molar-refractivity contribution in [1.29, 1.82) is 0 Å². The van der Waals surface area contributed by atoms with Crippen molar-refractivity contribution < 1.29 is 0 Å². The van der Waals surface area contributed by atoms with Gasteiger partial charge in [-0.05, 0) is 142 Å². The molecule has 0 bridgehead atoms. The number of benzene rings is 10. The molecule has 0 saturated carbocycles. The van der Waals surface area contributed by atoms with Crippen LogP contribution in [-0.2, 0) is 0 Å². The summed E-state index contributed by atoms with van der Waals surface area (Å²) >= 11 is 0. The van der Waals surface area contributed by atoms with Crippen LogP contribution in [0.25, 0.3) is 43.8 Å². The topological polar surface area (TPSA) is 25.9 Å². The van der Waals surface area contributed by atoms with E-state index in [-0.39, 0.29) is 0 Å². The third-order valence-corrected chi connectivity index (χ3v) is 13.1. The SMILES string of the molecule is c1ccc(N2c3ccccc3N(c3ccccc3)c3cc(-c4c5ccccc5c(-c5ccc6c(c5)N(c5ccccc5)c5ccccc5N6c5ccccc5)c5cnccc45)ccc32)cc1. The van der Waals surface area contributed by atoms with Crippen molar-refractivity contribution in [3.05, 3.63) is 249 Å². The molecule has 0 spiro atoms. The van der Waals surface area contributed by atoms with Gasteiger partial charge in [-0.2, -0.15) is 0 Å². The summed E-state index contributed by atoms with van der Waals surface area (Å²) < 4.78 is 0. The van der Waals surface area contributed by atoms with Crippen LogP contribution < -0.4 is 19.6 Å². The Bertz CT molecular complexity index is 3320. The second-order valence-electron chi connectivity index (χ2n) is 16.8. The number of nitrogens with zero attached hydrogens (tertiary/aromatic N) is 5. The van der Waals surface area contributed by atoms with E-state index in [1.165, 1.54) is 16.3 Å². The molecule has 0 saturated heterocycles. The molecular formula is C61H41N5. The molecule has 0 amide bonds. The Morgan fingerprint density at radius 1 is 0.242 bits per heavy atom. The van der Waals surface area contributed by atoms with Gasteiger partial charge < -0.3 is 19.6 Å². The van der Waals surface area contributed by atoms with Gasteiger partial charge in [-0.3, -0.25) is 4.98 Å². The lowest BCUT2D eigenvalue weighted by atomic mass is 9.86. The maximum absolute atomic E-state index is 4.83. The molecule has 10 aromatic carbocycles. The normalized spacial score (nSPS) is 12.7. The molecule has 2 aliphatic rings. The Balaban J connectivity index is 1.04. The van der Waals surface area contributed by atoms with Gasteiger partial charge in [0.15, 0.2) is 0 Å². The van der Waals surface area contributed by atoms with Crippen LogP contribution in [0, 0.1) is 0 Å². The molecule has 0 atom stereocenters. The number of hydrogen-bond donors (Lipinski definition) is 0. The first kappa shape index (κ1) is 37.6. The smallest absolute Gasteiger partial charge is 0.0709 e. The number of fused-ring (bicyclic) bond motifs is 6. The van der Waals surface area contributed by atoms with Gasteiger partial charge in [0.25, 0.3) is 0 Å². The van der Waals surface area contributed by atoms with Gasteiger partial charge in [-0.1, -0.05) is 133 Å². The molecule has 5 nitrogen and oxygen atoms in total. The van der Waals surface area contributed by atoms with Gasteiger partial charge in [-0.25, -0.2) is 0 Å². The lowest BCUT2D eigenvalue weighted by Gasteiger charge is -2.40. The minimum Gasteiger partial charge on any atom is -0.306 e. The maximum Gasteiger partial charge on any atom is 0.0709 e. The van der Waals surface area contributed by atoms with Crippen LogP contribution in [0.4, 0.5) is 68.2 Å². The fourth-order valence-corrected chi connectivity index (χ4v) is 10.4. The van der Waals surface area contributed by atoms with Crippen molar-refractivity contribution in [3.8, 4) is 22.3 Å². The number of rotatable bonds is 6. The van der Waals surface area contributed by atoms with E-state index in [4.69, 9.17) is 4.98 Å². The molecule has 310 valence electrons. The first-order valence-electron chi connectivity index (χ1n) is 22.5. The number of anilines is 12. The van der Waals surface area contributed by atoms with Crippen molar-refractivity contribution in [1.82, 2.24) is 4.98 Å². The van der Waals surface area contributed by atoms with Gasteiger partial charge in [-0.15, -0.1) is 0 Å². The second kappa shape index (κ2) is 15.4. The number of pyridine rings is 1. The second-order valence-corrected chi connectivity index (χ2v) is 16.8. The Kier molecular flexibility index (Phi) is 8.78. The molecule has 11 aromatic rings. The predicted molar refractivity (Wildman–Crippen MR) is 276 cm³/mol. The van der Waals surface area contributed by atoms with Gasteiger partial charge in [0.1, 0.15) is 0 Å². The van der Waals surface area contributed by atoms with Gasteiger partial charge >= 0.3 is 0 Å². The lowest BCUT2D eigenvalue weighted by molar-refractivity contribution is 1.17. The summed E-state index contributed by atoms with van der Waals surface area (Å²) in [5.41, 5.74) is 18.0. The number of para-hydroxylation sites is 8. The lowest BCUT2D eigenvalue weighted by Crippen LogP contribution is -2.24. The average molecular weight is 844 g/mol. The molecule has 1 aromatic heterocycles. The zero-order valence-corrected chi connectivity index (χ0v) is 35.9. The minimum atomic E-state index is 1.10. The summed E-state index contributed by atoms with van der Waals surface area (Å²) in [6.45, 7) is 0. The van der Waals surface area contributed by atoms with Gasteiger partial charge in [0, 0.05) is 40.5 Å². The molecule has 2 aliphatic heterocycles. The van der Waals surface area contributed by atoms with Gasteiger partial charge in [0.05, 0.1) is 45.5 Å². The molecule has 0 radical (unpaired) electrons. The van der Waals surface area contributed by atoms with Crippen LogP contribution in [0.1, 0.15) is 0 Å². The Hall–Kier alpha value is -8.93. The van der Waals surface area contributed by atoms with Gasteiger partial charge in [0.2, 0.25) is 0 Å².